The first-order valence-electron chi connectivity index (χ1n) is 5.63. The smallest absolute Gasteiger partial charge is 0.0660 e. The summed E-state index contributed by atoms with van der Waals surface area (Å²) >= 11 is 0. The lowest BCUT2D eigenvalue weighted by Gasteiger charge is -2.63. The summed E-state index contributed by atoms with van der Waals surface area (Å²) in [6.45, 7) is 4.78. The van der Waals surface area contributed by atoms with Gasteiger partial charge in [0.2, 0.25) is 0 Å². The quantitative estimate of drug-likeness (QED) is 0.607. The van der Waals surface area contributed by atoms with E-state index in [1.54, 1.807) is 0 Å². The lowest BCUT2D eigenvalue weighted by molar-refractivity contribution is -0.189. The second kappa shape index (κ2) is 1.98. The Morgan fingerprint density at radius 2 is 1.46 bits per heavy atom. The molecule has 0 aromatic heterocycles. The Balaban J connectivity index is 2.03. The average molecular weight is 180 g/mol. The van der Waals surface area contributed by atoms with Crippen LogP contribution in [0.5, 0.6) is 0 Å². The van der Waals surface area contributed by atoms with Gasteiger partial charge in [0.25, 0.3) is 0 Å². The molecule has 4 rings (SSSR count). The van der Waals surface area contributed by atoms with Crippen LogP contribution >= 0.6 is 0 Å². The van der Waals surface area contributed by atoms with Crippen LogP contribution in [0, 0.1) is 16.7 Å². The fraction of sp³-hybridized carbons (Fsp3) is 1.00. The van der Waals surface area contributed by atoms with Crippen molar-refractivity contribution in [1.29, 1.82) is 0 Å². The van der Waals surface area contributed by atoms with Crippen molar-refractivity contribution in [3.05, 3.63) is 0 Å². The molecular formula is C12H20O. The maximum atomic E-state index is 10.4. The maximum Gasteiger partial charge on any atom is 0.0660 e. The Bertz CT molecular complexity index is 207. The largest absolute Gasteiger partial charge is 0.390 e. The van der Waals surface area contributed by atoms with E-state index in [1.165, 1.54) is 19.3 Å². The molecule has 0 amide bonds. The van der Waals surface area contributed by atoms with Crippen molar-refractivity contribution < 1.29 is 5.11 Å². The van der Waals surface area contributed by atoms with Gasteiger partial charge in [-0.3, -0.25) is 0 Å². The van der Waals surface area contributed by atoms with Crippen LogP contribution in [0.3, 0.4) is 0 Å². The highest BCUT2D eigenvalue weighted by Gasteiger charge is 2.59. The zero-order valence-electron chi connectivity index (χ0n) is 8.77. The van der Waals surface area contributed by atoms with Gasteiger partial charge in [-0.1, -0.05) is 13.8 Å². The molecule has 0 heterocycles. The number of aliphatic hydroxyl groups is 1. The topological polar surface area (TPSA) is 20.2 Å². The van der Waals surface area contributed by atoms with Crippen LogP contribution in [0.25, 0.3) is 0 Å². The second-order valence-electron chi connectivity index (χ2n) is 6.85. The molecule has 13 heavy (non-hydrogen) atoms. The standard InChI is InChI=1S/C12H20O/c1-10-3-9-4-11(2,6-10)8-12(13,5-9)7-10/h9,13H,3-8H2,1-2H3/t9?,10-,11-,12?/m1/s1. The summed E-state index contributed by atoms with van der Waals surface area (Å²) in [4.78, 5) is 0. The van der Waals surface area contributed by atoms with Crippen molar-refractivity contribution in [3.8, 4) is 0 Å². The minimum Gasteiger partial charge on any atom is -0.390 e. The molecule has 4 saturated carbocycles. The van der Waals surface area contributed by atoms with E-state index in [2.05, 4.69) is 13.8 Å². The lowest BCUT2D eigenvalue weighted by Crippen LogP contribution is -2.58. The summed E-state index contributed by atoms with van der Waals surface area (Å²) in [5.41, 5.74) is 0.675. The van der Waals surface area contributed by atoms with E-state index in [1.807, 2.05) is 0 Å². The van der Waals surface area contributed by atoms with Crippen LogP contribution in [-0.2, 0) is 0 Å². The van der Waals surface area contributed by atoms with Crippen molar-refractivity contribution in [1.82, 2.24) is 0 Å². The first kappa shape index (κ1) is 8.28. The molecule has 4 aliphatic rings. The fourth-order valence-electron chi connectivity index (χ4n) is 5.39. The Morgan fingerprint density at radius 3 is 1.85 bits per heavy atom. The van der Waals surface area contributed by atoms with Crippen molar-refractivity contribution in [2.75, 3.05) is 0 Å². The molecule has 1 nitrogen and oxygen atoms in total. The molecular weight excluding hydrogens is 160 g/mol. The lowest BCUT2D eigenvalue weighted by atomic mass is 9.44. The summed E-state index contributed by atoms with van der Waals surface area (Å²) in [7, 11) is 0. The molecule has 4 bridgehead atoms. The summed E-state index contributed by atoms with van der Waals surface area (Å²) in [6.07, 6.45) is 7.37. The molecule has 0 saturated heterocycles. The molecule has 74 valence electrons. The summed E-state index contributed by atoms with van der Waals surface area (Å²) in [5.74, 6) is 0.830. The van der Waals surface area contributed by atoms with Gasteiger partial charge in [-0.05, 0) is 55.3 Å². The highest BCUT2D eigenvalue weighted by molar-refractivity contribution is 5.10. The van der Waals surface area contributed by atoms with Gasteiger partial charge in [0.15, 0.2) is 0 Å². The molecule has 1 N–H and O–H groups in total. The predicted octanol–water partition coefficient (Wildman–Crippen LogP) is 2.73. The Morgan fingerprint density at radius 1 is 0.923 bits per heavy atom. The zero-order chi connectivity index (χ0) is 9.32. The zero-order valence-corrected chi connectivity index (χ0v) is 8.77. The Kier molecular flexibility index (Phi) is 1.26. The summed E-state index contributed by atoms with van der Waals surface area (Å²) in [5, 5.41) is 10.4. The maximum absolute atomic E-state index is 10.4. The normalized spacial score (nSPS) is 64.4. The predicted molar refractivity (Wildman–Crippen MR) is 52.4 cm³/mol. The molecule has 1 heteroatoms. The van der Waals surface area contributed by atoms with Gasteiger partial charge in [0.1, 0.15) is 0 Å². The van der Waals surface area contributed by atoms with Crippen molar-refractivity contribution in [3.63, 3.8) is 0 Å². The van der Waals surface area contributed by atoms with Gasteiger partial charge in [-0.2, -0.15) is 0 Å². The second-order valence-corrected chi connectivity index (χ2v) is 6.85. The van der Waals surface area contributed by atoms with Gasteiger partial charge in [0.05, 0.1) is 5.60 Å². The molecule has 0 radical (unpaired) electrons. The number of rotatable bonds is 0. The molecule has 0 aliphatic heterocycles. The molecule has 0 spiro atoms. The molecule has 0 unspecified atom stereocenters. The van der Waals surface area contributed by atoms with Gasteiger partial charge >= 0.3 is 0 Å². The Hall–Kier alpha value is -0.0400. The SMILES string of the molecule is C[C@]12CC3CC(O)(C1)C[C@](C)(C3)C2. The van der Waals surface area contributed by atoms with Crippen molar-refractivity contribution in [2.45, 2.75) is 58.0 Å². The molecule has 0 aromatic carbocycles. The van der Waals surface area contributed by atoms with Gasteiger partial charge in [-0.15, -0.1) is 0 Å². The molecule has 4 fully saturated rings. The summed E-state index contributed by atoms with van der Waals surface area (Å²) < 4.78 is 0. The first-order valence-corrected chi connectivity index (χ1v) is 5.63. The van der Waals surface area contributed by atoms with E-state index in [-0.39, 0.29) is 5.60 Å². The van der Waals surface area contributed by atoms with Crippen molar-refractivity contribution >= 4 is 0 Å². The third-order valence-corrected chi connectivity index (χ3v) is 4.60. The van der Waals surface area contributed by atoms with Gasteiger partial charge in [0, 0.05) is 0 Å². The fourth-order valence-corrected chi connectivity index (χ4v) is 5.39. The van der Waals surface area contributed by atoms with E-state index in [9.17, 15) is 5.11 Å². The molecule has 4 aliphatic carbocycles. The third kappa shape index (κ3) is 1.09. The molecule has 2 atom stereocenters. The monoisotopic (exact) mass is 180 g/mol. The number of hydrogen-bond donors (Lipinski definition) is 1. The van der Waals surface area contributed by atoms with E-state index >= 15 is 0 Å². The Labute approximate surface area is 80.5 Å². The van der Waals surface area contributed by atoms with Crippen LogP contribution < -0.4 is 0 Å². The van der Waals surface area contributed by atoms with E-state index in [0.29, 0.717) is 10.8 Å². The average Bonchev–Trinajstić information content (AvgIpc) is 1.71. The number of hydrogen-bond acceptors (Lipinski definition) is 1. The van der Waals surface area contributed by atoms with Gasteiger partial charge < -0.3 is 5.11 Å². The minimum absolute atomic E-state index is 0.275. The van der Waals surface area contributed by atoms with Crippen LogP contribution in [0.4, 0.5) is 0 Å². The highest BCUT2D eigenvalue weighted by atomic mass is 16.3. The summed E-state index contributed by atoms with van der Waals surface area (Å²) in [6, 6.07) is 0. The highest BCUT2D eigenvalue weighted by Crippen LogP contribution is 2.66. The van der Waals surface area contributed by atoms with E-state index in [0.717, 1.165) is 25.2 Å². The van der Waals surface area contributed by atoms with Crippen LogP contribution in [-0.4, -0.2) is 10.7 Å². The van der Waals surface area contributed by atoms with E-state index < -0.39 is 0 Å². The molecule has 0 aromatic rings. The van der Waals surface area contributed by atoms with Crippen LogP contribution in [0.1, 0.15) is 52.4 Å². The van der Waals surface area contributed by atoms with E-state index in [4.69, 9.17) is 0 Å². The van der Waals surface area contributed by atoms with Gasteiger partial charge in [-0.25, -0.2) is 0 Å². The van der Waals surface area contributed by atoms with Crippen LogP contribution in [0.2, 0.25) is 0 Å². The third-order valence-electron chi connectivity index (χ3n) is 4.60. The van der Waals surface area contributed by atoms with Crippen molar-refractivity contribution in [2.24, 2.45) is 16.7 Å². The van der Waals surface area contributed by atoms with Crippen LogP contribution in [0.15, 0.2) is 0 Å². The minimum atomic E-state index is -0.275. The first-order chi connectivity index (χ1) is 5.91.